The van der Waals surface area contributed by atoms with Gasteiger partial charge in [0, 0.05) is 19.9 Å². The van der Waals surface area contributed by atoms with Gasteiger partial charge in [-0.15, -0.1) is 0 Å². The fraction of sp³-hybridized carbons (Fsp3) is 0.688. The lowest BCUT2D eigenvalue weighted by molar-refractivity contribution is -0.159. The molecule has 1 fully saturated rings. The van der Waals surface area contributed by atoms with Crippen molar-refractivity contribution in [1.82, 2.24) is 10.2 Å². The molecule has 0 saturated carbocycles. The Bertz CT molecular complexity index is 607. The number of esters is 3. The molecule has 11 nitrogen and oxygen atoms in total. The number of amides is 2. The van der Waals surface area contributed by atoms with Gasteiger partial charge in [0.25, 0.3) is 0 Å². The normalized spacial score (nSPS) is 21.0. The van der Waals surface area contributed by atoms with E-state index in [1.807, 2.05) is 0 Å². The van der Waals surface area contributed by atoms with Crippen molar-refractivity contribution < 1.29 is 43.3 Å². The molecule has 1 saturated heterocycles. The smallest absolute Gasteiger partial charge is 0.329 e. The zero-order valence-corrected chi connectivity index (χ0v) is 15.6. The van der Waals surface area contributed by atoms with Crippen molar-refractivity contribution in [2.75, 3.05) is 27.9 Å². The SMILES string of the molecule is COC(=O)C[C@@H](C(=O)OC)[C@@H](NC(=O)[C@@H]1C[C@@H](O)CN1C(C)=O)C(=O)OC. The van der Waals surface area contributed by atoms with Gasteiger partial charge in [-0.2, -0.15) is 0 Å². The van der Waals surface area contributed by atoms with Crippen LogP contribution in [0, 0.1) is 5.92 Å². The first-order valence-electron chi connectivity index (χ1n) is 8.14. The number of methoxy groups -OCH3 is 3. The highest BCUT2D eigenvalue weighted by molar-refractivity contribution is 5.94. The van der Waals surface area contributed by atoms with Gasteiger partial charge in [0.15, 0.2) is 0 Å². The largest absolute Gasteiger partial charge is 0.469 e. The molecule has 2 N–H and O–H groups in total. The number of β-amino-alcohol motifs (C(OH)–C–C–N with tert-alkyl or cyclic N) is 1. The van der Waals surface area contributed by atoms with Crippen molar-refractivity contribution in [3.05, 3.63) is 0 Å². The Balaban J connectivity index is 3.09. The summed E-state index contributed by atoms with van der Waals surface area (Å²) in [5, 5.41) is 12.1. The van der Waals surface area contributed by atoms with Crippen molar-refractivity contribution in [2.24, 2.45) is 5.92 Å². The molecule has 0 bridgehead atoms. The first-order chi connectivity index (χ1) is 12.7. The van der Waals surface area contributed by atoms with Crippen LogP contribution in [0.5, 0.6) is 0 Å². The molecular weight excluding hydrogens is 364 g/mol. The summed E-state index contributed by atoms with van der Waals surface area (Å²) in [4.78, 5) is 61.2. The summed E-state index contributed by atoms with van der Waals surface area (Å²) in [6, 6.07) is -2.57. The number of rotatable bonds is 7. The van der Waals surface area contributed by atoms with Crippen molar-refractivity contribution in [2.45, 2.75) is 38.0 Å². The molecule has 0 aromatic rings. The Hall–Kier alpha value is -2.69. The molecule has 1 aliphatic heterocycles. The van der Waals surface area contributed by atoms with Crippen LogP contribution in [0.2, 0.25) is 0 Å². The standard InChI is InChI=1S/C16H24N2O9/c1-8(19)18-7-9(20)5-11(18)14(22)17-13(16(24)27-4)10(15(23)26-3)6-12(21)25-2/h9-11,13,20H,5-7H2,1-4H3,(H,17,22)/t9-,10-,11+,13-/m1/s1. The number of likely N-dealkylation sites (tertiary alicyclic amines) is 1. The van der Waals surface area contributed by atoms with Crippen LogP contribution >= 0.6 is 0 Å². The van der Waals surface area contributed by atoms with Crippen LogP contribution in [-0.2, 0) is 38.2 Å². The second-order valence-electron chi connectivity index (χ2n) is 6.00. The fourth-order valence-electron chi connectivity index (χ4n) is 2.86. The van der Waals surface area contributed by atoms with Crippen molar-refractivity contribution in [3.63, 3.8) is 0 Å². The van der Waals surface area contributed by atoms with Crippen LogP contribution < -0.4 is 5.32 Å². The molecule has 0 radical (unpaired) electrons. The van der Waals surface area contributed by atoms with Gasteiger partial charge in [0.1, 0.15) is 12.1 Å². The van der Waals surface area contributed by atoms with Gasteiger partial charge in [-0.3, -0.25) is 19.2 Å². The Morgan fingerprint density at radius 2 is 1.67 bits per heavy atom. The van der Waals surface area contributed by atoms with Gasteiger partial charge in [-0.1, -0.05) is 0 Å². The maximum Gasteiger partial charge on any atom is 0.329 e. The lowest BCUT2D eigenvalue weighted by atomic mass is 9.95. The Labute approximate surface area is 155 Å². The van der Waals surface area contributed by atoms with Gasteiger partial charge in [0.2, 0.25) is 11.8 Å². The first kappa shape index (κ1) is 22.4. The monoisotopic (exact) mass is 388 g/mol. The van der Waals surface area contributed by atoms with Gasteiger partial charge in [-0.05, 0) is 0 Å². The van der Waals surface area contributed by atoms with Crippen LogP contribution in [0.15, 0.2) is 0 Å². The Morgan fingerprint density at radius 3 is 2.15 bits per heavy atom. The molecule has 0 spiro atoms. The van der Waals surface area contributed by atoms with Crippen molar-refractivity contribution in [1.29, 1.82) is 0 Å². The van der Waals surface area contributed by atoms with E-state index >= 15 is 0 Å². The molecule has 0 aromatic carbocycles. The number of carbonyl (C=O) groups is 5. The van der Waals surface area contributed by atoms with Gasteiger partial charge >= 0.3 is 17.9 Å². The second-order valence-corrected chi connectivity index (χ2v) is 6.00. The fourth-order valence-corrected chi connectivity index (χ4v) is 2.86. The first-order valence-corrected chi connectivity index (χ1v) is 8.14. The van der Waals surface area contributed by atoms with E-state index in [0.29, 0.717) is 0 Å². The highest BCUT2D eigenvalue weighted by atomic mass is 16.5. The molecule has 0 unspecified atom stereocenters. The maximum absolute atomic E-state index is 12.6. The lowest BCUT2D eigenvalue weighted by Crippen LogP contribution is -2.55. The van der Waals surface area contributed by atoms with Crippen LogP contribution in [0.25, 0.3) is 0 Å². The number of ether oxygens (including phenoxy) is 3. The van der Waals surface area contributed by atoms with Gasteiger partial charge in [-0.25, -0.2) is 4.79 Å². The van der Waals surface area contributed by atoms with Crippen LogP contribution in [0.1, 0.15) is 19.8 Å². The maximum atomic E-state index is 12.6. The summed E-state index contributed by atoms with van der Waals surface area (Å²) in [5.41, 5.74) is 0. The molecule has 1 aliphatic rings. The number of nitrogens with zero attached hydrogens (tertiary/aromatic N) is 1. The van der Waals surface area contributed by atoms with E-state index < -0.39 is 60.2 Å². The molecule has 2 amide bonds. The summed E-state index contributed by atoms with van der Waals surface area (Å²) >= 11 is 0. The number of aliphatic hydroxyl groups excluding tert-OH is 1. The average Bonchev–Trinajstić information content (AvgIpc) is 3.05. The molecule has 27 heavy (non-hydrogen) atoms. The van der Waals surface area contributed by atoms with E-state index in [4.69, 9.17) is 0 Å². The number of aliphatic hydroxyl groups is 1. The molecule has 152 valence electrons. The Kier molecular flexibility index (Phi) is 8.16. The summed E-state index contributed by atoms with van der Waals surface area (Å²) in [7, 11) is 3.22. The minimum absolute atomic E-state index is 0.0286. The lowest BCUT2D eigenvalue weighted by Gasteiger charge is -2.27. The summed E-state index contributed by atoms with van der Waals surface area (Å²) in [6.07, 6.45) is -1.46. The average molecular weight is 388 g/mol. The number of hydrogen-bond donors (Lipinski definition) is 2. The van der Waals surface area contributed by atoms with E-state index in [-0.39, 0.29) is 13.0 Å². The topological polar surface area (TPSA) is 149 Å². The minimum Gasteiger partial charge on any atom is -0.469 e. The van der Waals surface area contributed by atoms with Crippen molar-refractivity contribution in [3.8, 4) is 0 Å². The van der Waals surface area contributed by atoms with Crippen LogP contribution in [0.3, 0.4) is 0 Å². The van der Waals surface area contributed by atoms with Gasteiger partial charge < -0.3 is 29.5 Å². The predicted molar refractivity (Wildman–Crippen MR) is 87.9 cm³/mol. The van der Waals surface area contributed by atoms with E-state index in [0.717, 1.165) is 26.2 Å². The predicted octanol–water partition coefficient (Wildman–Crippen LogP) is -2.02. The number of carbonyl (C=O) groups excluding carboxylic acids is 5. The Morgan fingerprint density at radius 1 is 1.07 bits per heavy atom. The molecule has 1 heterocycles. The van der Waals surface area contributed by atoms with Crippen molar-refractivity contribution >= 4 is 29.7 Å². The third kappa shape index (κ3) is 5.64. The van der Waals surface area contributed by atoms with E-state index in [9.17, 15) is 29.1 Å². The van der Waals surface area contributed by atoms with Gasteiger partial charge in [0.05, 0.1) is 39.8 Å². The van der Waals surface area contributed by atoms with E-state index in [1.54, 1.807) is 0 Å². The van der Waals surface area contributed by atoms with E-state index in [2.05, 4.69) is 19.5 Å². The highest BCUT2D eigenvalue weighted by Gasteiger charge is 2.43. The molecule has 1 rings (SSSR count). The summed E-state index contributed by atoms with van der Waals surface area (Å²) < 4.78 is 13.7. The molecule has 0 aromatic heterocycles. The molecule has 0 aliphatic carbocycles. The third-order valence-corrected chi connectivity index (χ3v) is 4.26. The quantitative estimate of drug-likeness (QED) is 0.372. The third-order valence-electron chi connectivity index (χ3n) is 4.26. The minimum atomic E-state index is -1.54. The summed E-state index contributed by atoms with van der Waals surface area (Å²) in [6.45, 7) is 1.21. The summed E-state index contributed by atoms with van der Waals surface area (Å²) in [5.74, 6) is -5.29. The van der Waals surface area contributed by atoms with Crippen LogP contribution in [-0.4, -0.2) is 85.8 Å². The molecular formula is C16H24N2O9. The molecule has 4 atom stereocenters. The van der Waals surface area contributed by atoms with Crippen LogP contribution in [0.4, 0.5) is 0 Å². The zero-order valence-electron chi connectivity index (χ0n) is 15.6. The van der Waals surface area contributed by atoms with E-state index in [1.165, 1.54) is 6.92 Å². The molecule has 11 heteroatoms. The highest BCUT2D eigenvalue weighted by Crippen LogP contribution is 2.20. The number of nitrogens with one attached hydrogen (secondary N) is 1. The zero-order chi connectivity index (χ0) is 20.7. The number of hydrogen-bond acceptors (Lipinski definition) is 9. The second kappa shape index (κ2) is 9.86.